The molecule has 3 aromatic carbocycles. The SMILES string of the molecule is Cc1ccc(-c2ccc(C(c3ccccc3)C(C)(C)C(=O)Nc3nncs3)cc2)cc1. The predicted octanol–water partition coefficient (Wildman–Crippen LogP) is 6.31. The highest BCUT2D eigenvalue weighted by molar-refractivity contribution is 7.13. The van der Waals surface area contributed by atoms with Crippen molar-refractivity contribution in [2.24, 2.45) is 5.41 Å². The number of aryl methyl sites for hydroxylation is 1. The minimum atomic E-state index is -0.710. The topological polar surface area (TPSA) is 54.9 Å². The summed E-state index contributed by atoms with van der Waals surface area (Å²) in [7, 11) is 0. The first kappa shape index (κ1) is 20.9. The van der Waals surface area contributed by atoms with Gasteiger partial charge >= 0.3 is 0 Å². The molecule has 4 aromatic rings. The third-order valence-electron chi connectivity index (χ3n) is 5.65. The highest BCUT2D eigenvalue weighted by Crippen LogP contribution is 2.42. The van der Waals surface area contributed by atoms with E-state index in [1.54, 1.807) is 5.51 Å². The number of benzene rings is 3. The summed E-state index contributed by atoms with van der Waals surface area (Å²) in [6.45, 7) is 6.05. The highest BCUT2D eigenvalue weighted by atomic mass is 32.1. The minimum Gasteiger partial charge on any atom is -0.300 e. The lowest BCUT2D eigenvalue weighted by molar-refractivity contribution is -0.124. The zero-order valence-electron chi connectivity index (χ0n) is 17.9. The normalized spacial score (nSPS) is 12.4. The lowest BCUT2D eigenvalue weighted by atomic mass is 9.70. The second kappa shape index (κ2) is 8.82. The molecule has 0 saturated carbocycles. The predicted molar refractivity (Wildman–Crippen MR) is 127 cm³/mol. The van der Waals surface area contributed by atoms with E-state index in [4.69, 9.17) is 0 Å². The molecule has 0 aliphatic heterocycles. The number of hydrogen-bond acceptors (Lipinski definition) is 4. The first-order valence-corrected chi connectivity index (χ1v) is 11.1. The van der Waals surface area contributed by atoms with Crippen LogP contribution in [0.1, 0.15) is 36.5 Å². The molecule has 156 valence electrons. The molecule has 0 saturated heterocycles. The minimum absolute atomic E-state index is 0.0827. The molecule has 0 spiro atoms. The molecule has 0 bridgehead atoms. The molecule has 1 aromatic heterocycles. The average molecular weight is 428 g/mol. The second-order valence-electron chi connectivity index (χ2n) is 8.25. The average Bonchev–Trinajstić information content (AvgIpc) is 3.29. The summed E-state index contributed by atoms with van der Waals surface area (Å²) in [6.07, 6.45) is 0. The van der Waals surface area contributed by atoms with Crippen LogP contribution in [0, 0.1) is 12.3 Å². The summed E-state index contributed by atoms with van der Waals surface area (Å²) in [6, 6.07) is 27.2. The molecular formula is C26H25N3OS. The van der Waals surface area contributed by atoms with Crippen molar-refractivity contribution in [3.8, 4) is 11.1 Å². The Morgan fingerprint density at radius 2 is 1.45 bits per heavy atom. The van der Waals surface area contributed by atoms with Crippen LogP contribution >= 0.6 is 11.3 Å². The molecule has 1 heterocycles. The maximum atomic E-state index is 13.3. The quantitative estimate of drug-likeness (QED) is 0.392. The first-order valence-electron chi connectivity index (χ1n) is 10.2. The lowest BCUT2D eigenvalue weighted by Gasteiger charge is -2.33. The van der Waals surface area contributed by atoms with Gasteiger partial charge in [0.05, 0.1) is 5.41 Å². The smallest absolute Gasteiger partial charge is 0.232 e. The monoisotopic (exact) mass is 427 g/mol. The van der Waals surface area contributed by atoms with Gasteiger partial charge in [0.15, 0.2) is 0 Å². The van der Waals surface area contributed by atoms with Gasteiger partial charge in [0.1, 0.15) is 5.51 Å². The van der Waals surface area contributed by atoms with E-state index in [1.165, 1.54) is 22.5 Å². The van der Waals surface area contributed by atoms with Crippen LogP contribution in [0.4, 0.5) is 5.13 Å². The third-order valence-corrected chi connectivity index (χ3v) is 6.26. The van der Waals surface area contributed by atoms with Gasteiger partial charge in [-0.2, -0.15) is 0 Å². The van der Waals surface area contributed by atoms with Gasteiger partial charge in [0.2, 0.25) is 11.0 Å². The number of aromatic nitrogens is 2. The zero-order chi connectivity index (χ0) is 21.8. The van der Waals surface area contributed by atoms with Crippen molar-refractivity contribution in [3.05, 3.63) is 101 Å². The van der Waals surface area contributed by atoms with Gasteiger partial charge in [-0.1, -0.05) is 110 Å². The number of carbonyl (C=O) groups is 1. The van der Waals surface area contributed by atoms with E-state index in [0.717, 1.165) is 16.7 Å². The second-order valence-corrected chi connectivity index (χ2v) is 9.08. The van der Waals surface area contributed by atoms with Crippen molar-refractivity contribution in [3.63, 3.8) is 0 Å². The first-order chi connectivity index (χ1) is 14.9. The van der Waals surface area contributed by atoms with E-state index in [2.05, 4.69) is 83.1 Å². The number of anilines is 1. The number of nitrogens with zero attached hydrogens (tertiary/aromatic N) is 2. The van der Waals surface area contributed by atoms with Gasteiger partial charge in [-0.15, -0.1) is 10.2 Å². The van der Waals surface area contributed by atoms with Crippen molar-refractivity contribution < 1.29 is 4.79 Å². The molecule has 0 aliphatic carbocycles. The van der Waals surface area contributed by atoms with Crippen LogP contribution in [0.5, 0.6) is 0 Å². The maximum absolute atomic E-state index is 13.3. The van der Waals surface area contributed by atoms with E-state index in [1.807, 2.05) is 32.0 Å². The Bertz CT molecular complexity index is 1140. The fourth-order valence-corrected chi connectivity index (χ4v) is 4.34. The van der Waals surface area contributed by atoms with Crippen LogP contribution in [0.2, 0.25) is 0 Å². The molecule has 4 rings (SSSR count). The van der Waals surface area contributed by atoms with E-state index in [-0.39, 0.29) is 11.8 Å². The molecule has 1 atom stereocenters. The Labute approximate surface area is 187 Å². The van der Waals surface area contributed by atoms with E-state index in [0.29, 0.717) is 5.13 Å². The summed E-state index contributed by atoms with van der Waals surface area (Å²) < 4.78 is 0. The lowest BCUT2D eigenvalue weighted by Crippen LogP contribution is -2.37. The summed E-state index contributed by atoms with van der Waals surface area (Å²) in [5.74, 6) is -0.200. The van der Waals surface area contributed by atoms with Crippen LogP contribution in [-0.4, -0.2) is 16.1 Å². The van der Waals surface area contributed by atoms with Gasteiger partial charge in [-0.05, 0) is 29.2 Å². The molecule has 1 amide bonds. The largest absolute Gasteiger partial charge is 0.300 e. The fraction of sp³-hybridized carbons (Fsp3) is 0.192. The van der Waals surface area contributed by atoms with E-state index in [9.17, 15) is 4.79 Å². The molecule has 1 N–H and O–H groups in total. The Balaban J connectivity index is 1.70. The van der Waals surface area contributed by atoms with Crippen LogP contribution in [0.15, 0.2) is 84.4 Å². The number of hydrogen-bond donors (Lipinski definition) is 1. The van der Waals surface area contributed by atoms with E-state index < -0.39 is 5.41 Å². The molecule has 4 nitrogen and oxygen atoms in total. The Kier molecular flexibility index (Phi) is 5.96. The summed E-state index contributed by atoms with van der Waals surface area (Å²) in [5.41, 5.74) is 6.68. The van der Waals surface area contributed by atoms with Crippen molar-refractivity contribution >= 4 is 22.4 Å². The molecule has 1 unspecified atom stereocenters. The molecule has 31 heavy (non-hydrogen) atoms. The highest BCUT2D eigenvalue weighted by Gasteiger charge is 2.39. The molecule has 0 radical (unpaired) electrons. The van der Waals surface area contributed by atoms with Gasteiger partial charge < -0.3 is 5.32 Å². The standard InChI is InChI=1S/C26H25N3OS/c1-18-9-11-19(12-10-18)20-13-15-22(16-14-20)23(21-7-5-4-6-8-21)26(2,3)24(30)28-25-29-27-17-31-25/h4-17,23H,1-3H3,(H,28,29,30). The molecule has 5 heteroatoms. The Morgan fingerprint density at radius 1 is 0.871 bits per heavy atom. The summed E-state index contributed by atoms with van der Waals surface area (Å²) in [5, 5.41) is 11.2. The maximum Gasteiger partial charge on any atom is 0.232 e. The van der Waals surface area contributed by atoms with Crippen molar-refractivity contribution in [1.29, 1.82) is 0 Å². The molecular weight excluding hydrogens is 402 g/mol. The third kappa shape index (κ3) is 4.57. The van der Waals surface area contributed by atoms with E-state index >= 15 is 0 Å². The van der Waals surface area contributed by atoms with Crippen LogP contribution in [0.25, 0.3) is 11.1 Å². The Morgan fingerprint density at radius 3 is 2.03 bits per heavy atom. The van der Waals surface area contributed by atoms with Gasteiger partial charge in [0, 0.05) is 5.92 Å². The van der Waals surface area contributed by atoms with Crippen LogP contribution in [0.3, 0.4) is 0 Å². The number of rotatable bonds is 6. The zero-order valence-corrected chi connectivity index (χ0v) is 18.7. The van der Waals surface area contributed by atoms with Gasteiger partial charge in [0.25, 0.3) is 0 Å². The fourth-order valence-electron chi connectivity index (χ4n) is 3.90. The van der Waals surface area contributed by atoms with Crippen molar-refractivity contribution in [1.82, 2.24) is 10.2 Å². The molecule has 0 aliphatic rings. The van der Waals surface area contributed by atoms with Gasteiger partial charge in [-0.25, -0.2) is 0 Å². The number of nitrogens with one attached hydrogen (secondary N) is 1. The van der Waals surface area contributed by atoms with Crippen molar-refractivity contribution in [2.45, 2.75) is 26.7 Å². The summed E-state index contributed by atoms with van der Waals surface area (Å²) in [4.78, 5) is 13.3. The Hall–Kier alpha value is -3.31. The number of carbonyl (C=O) groups excluding carboxylic acids is 1. The summed E-state index contributed by atoms with van der Waals surface area (Å²) >= 11 is 1.32. The van der Waals surface area contributed by atoms with Crippen LogP contribution < -0.4 is 5.32 Å². The van der Waals surface area contributed by atoms with Crippen LogP contribution in [-0.2, 0) is 4.79 Å². The van der Waals surface area contributed by atoms with Gasteiger partial charge in [-0.3, -0.25) is 4.79 Å². The number of amides is 1. The molecule has 0 fully saturated rings. The van der Waals surface area contributed by atoms with Crippen molar-refractivity contribution in [2.75, 3.05) is 5.32 Å².